The van der Waals surface area contributed by atoms with Crippen LogP contribution in [0.4, 0.5) is 0 Å². The molecule has 2 aromatic carbocycles. The molecular weight excluding hydrogens is 382 g/mol. The van der Waals surface area contributed by atoms with Gasteiger partial charge in [-0.3, -0.25) is 9.78 Å². The predicted octanol–water partition coefficient (Wildman–Crippen LogP) is 3.70. The average molecular weight is 405 g/mol. The van der Waals surface area contributed by atoms with Crippen LogP contribution in [0.2, 0.25) is 0 Å². The van der Waals surface area contributed by atoms with Crippen LogP contribution in [0.5, 0.6) is 17.2 Å². The van der Waals surface area contributed by atoms with Crippen LogP contribution in [0.15, 0.2) is 78.2 Å². The van der Waals surface area contributed by atoms with Crippen molar-refractivity contribution >= 4 is 12.1 Å². The summed E-state index contributed by atoms with van der Waals surface area (Å²) in [5.41, 5.74) is 3.75. The van der Waals surface area contributed by atoms with E-state index in [1.54, 1.807) is 37.9 Å². The van der Waals surface area contributed by atoms with Crippen LogP contribution in [0.25, 0.3) is 0 Å². The first-order valence-corrected chi connectivity index (χ1v) is 9.48. The summed E-state index contributed by atoms with van der Waals surface area (Å²) in [6, 6.07) is 18.2. The first-order valence-electron chi connectivity index (χ1n) is 9.48. The van der Waals surface area contributed by atoms with Gasteiger partial charge in [0.15, 0.2) is 0 Å². The highest BCUT2D eigenvalue weighted by Crippen LogP contribution is 2.19. The van der Waals surface area contributed by atoms with E-state index in [0.29, 0.717) is 30.9 Å². The molecule has 1 heterocycles. The second-order valence-electron chi connectivity index (χ2n) is 6.20. The van der Waals surface area contributed by atoms with Gasteiger partial charge in [0.2, 0.25) is 0 Å². The second kappa shape index (κ2) is 11.2. The van der Waals surface area contributed by atoms with E-state index >= 15 is 0 Å². The summed E-state index contributed by atoms with van der Waals surface area (Å²) in [5, 5.41) is 4.02. The molecule has 3 aromatic rings. The SMILES string of the molecule is COc1cccc(OCCCOc2ccccc2/C=N\NC(=O)c2ccncc2)c1. The molecule has 3 rings (SSSR count). The molecule has 0 aliphatic carbocycles. The molecule has 0 aliphatic heterocycles. The van der Waals surface area contributed by atoms with Crippen molar-refractivity contribution in [3.05, 3.63) is 84.2 Å². The van der Waals surface area contributed by atoms with Gasteiger partial charge in [0.25, 0.3) is 5.91 Å². The second-order valence-corrected chi connectivity index (χ2v) is 6.20. The van der Waals surface area contributed by atoms with E-state index in [-0.39, 0.29) is 5.91 Å². The fourth-order valence-electron chi connectivity index (χ4n) is 2.57. The molecule has 0 saturated heterocycles. The first-order chi connectivity index (χ1) is 14.8. The lowest BCUT2D eigenvalue weighted by atomic mass is 10.2. The zero-order valence-electron chi connectivity index (χ0n) is 16.7. The third-order valence-corrected chi connectivity index (χ3v) is 4.09. The number of nitrogens with one attached hydrogen (secondary N) is 1. The Labute approximate surface area is 175 Å². The molecular formula is C23H23N3O4. The normalized spacial score (nSPS) is 10.6. The number of methoxy groups -OCH3 is 1. The van der Waals surface area contributed by atoms with Crippen molar-refractivity contribution in [2.24, 2.45) is 5.10 Å². The number of benzene rings is 2. The van der Waals surface area contributed by atoms with Crippen LogP contribution in [0, 0.1) is 0 Å². The molecule has 0 radical (unpaired) electrons. The van der Waals surface area contributed by atoms with Gasteiger partial charge in [-0.25, -0.2) is 5.43 Å². The molecule has 0 saturated carbocycles. The molecule has 0 unspecified atom stereocenters. The van der Waals surface area contributed by atoms with Crippen LogP contribution in [-0.4, -0.2) is 37.4 Å². The minimum absolute atomic E-state index is 0.304. The van der Waals surface area contributed by atoms with Gasteiger partial charge in [-0.1, -0.05) is 18.2 Å². The van der Waals surface area contributed by atoms with Crippen molar-refractivity contribution in [2.45, 2.75) is 6.42 Å². The van der Waals surface area contributed by atoms with E-state index in [1.165, 1.54) is 0 Å². The summed E-state index contributed by atoms with van der Waals surface area (Å²) in [7, 11) is 1.62. The van der Waals surface area contributed by atoms with E-state index in [1.807, 2.05) is 48.5 Å². The molecule has 7 nitrogen and oxygen atoms in total. The standard InChI is InChI=1S/C23H23N3O4/c1-28-20-7-4-8-21(16-20)29-14-5-15-30-22-9-3-2-6-19(22)17-25-26-23(27)18-10-12-24-13-11-18/h2-4,6-13,16-17H,5,14-15H2,1H3,(H,26,27)/b25-17-. The highest BCUT2D eigenvalue weighted by Gasteiger charge is 2.04. The molecule has 154 valence electrons. The molecule has 1 N–H and O–H groups in total. The number of amides is 1. The maximum Gasteiger partial charge on any atom is 0.271 e. The molecule has 1 amide bonds. The number of ether oxygens (including phenoxy) is 3. The Morgan fingerprint density at radius 2 is 1.77 bits per heavy atom. The lowest BCUT2D eigenvalue weighted by molar-refractivity contribution is 0.0955. The van der Waals surface area contributed by atoms with Crippen molar-refractivity contribution in [2.75, 3.05) is 20.3 Å². The van der Waals surface area contributed by atoms with Gasteiger partial charge in [-0.05, 0) is 36.4 Å². The predicted molar refractivity (Wildman–Crippen MR) is 114 cm³/mol. The van der Waals surface area contributed by atoms with Crippen LogP contribution in [0.1, 0.15) is 22.3 Å². The summed E-state index contributed by atoms with van der Waals surface area (Å²) in [6.07, 6.45) is 5.38. The summed E-state index contributed by atoms with van der Waals surface area (Å²) in [4.78, 5) is 15.9. The zero-order valence-corrected chi connectivity index (χ0v) is 16.7. The molecule has 0 fully saturated rings. The molecule has 0 bridgehead atoms. The summed E-state index contributed by atoms with van der Waals surface area (Å²) in [6.45, 7) is 1.00. The third kappa shape index (κ3) is 6.34. The van der Waals surface area contributed by atoms with E-state index in [4.69, 9.17) is 14.2 Å². The number of nitrogens with zero attached hydrogens (tertiary/aromatic N) is 2. The minimum Gasteiger partial charge on any atom is -0.497 e. The van der Waals surface area contributed by atoms with Gasteiger partial charge in [0, 0.05) is 36.0 Å². The molecule has 7 heteroatoms. The number of hydrogen-bond acceptors (Lipinski definition) is 6. The highest BCUT2D eigenvalue weighted by molar-refractivity contribution is 5.94. The lowest BCUT2D eigenvalue weighted by Crippen LogP contribution is -2.17. The highest BCUT2D eigenvalue weighted by atomic mass is 16.5. The van der Waals surface area contributed by atoms with Crippen LogP contribution < -0.4 is 19.6 Å². The maximum atomic E-state index is 12.0. The third-order valence-electron chi connectivity index (χ3n) is 4.09. The summed E-state index contributed by atoms with van der Waals surface area (Å²) >= 11 is 0. The topological polar surface area (TPSA) is 82.0 Å². The number of rotatable bonds is 10. The monoisotopic (exact) mass is 405 g/mol. The quantitative estimate of drug-likeness (QED) is 0.316. The van der Waals surface area contributed by atoms with E-state index < -0.39 is 0 Å². The Morgan fingerprint density at radius 1 is 1.00 bits per heavy atom. The van der Waals surface area contributed by atoms with Crippen LogP contribution in [-0.2, 0) is 0 Å². The maximum absolute atomic E-state index is 12.0. The van der Waals surface area contributed by atoms with Gasteiger partial charge < -0.3 is 14.2 Å². The average Bonchev–Trinajstić information content (AvgIpc) is 2.80. The largest absolute Gasteiger partial charge is 0.497 e. The van der Waals surface area contributed by atoms with Crippen LogP contribution in [0.3, 0.4) is 0 Å². The van der Waals surface area contributed by atoms with Gasteiger partial charge in [-0.15, -0.1) is 0 Å². The number of pyridine rings is 1. The van der Waals surface area contributed by atoms with Gasteiger partial charge in [0.1, 0.15) is 17.2 Å². The lowest BCUT2D eigenvalue weighted by Gasteiger charge is -2.10. The molecule has 30 heavy (non-hydrogen) atoms. The Bertz CT molecular complexity index is 977. The number of aromatic nitrogens is 1. The Kier molecular flexibility index (Phi) is 7.79. The number of hydrazone groups is 1. The van der Waals surface area contributed by atoms with Crippen LogP contribution >= 0.6 is 0 Å². The summed E-state index contributed by atoms with van der Waals surface area (Å²) < 4.78 is 16.7. The van der Waals surface area contributed by atoms with Gasteiger partial charge in [0.05, 0.1) is 26.5 Å². The number of carbonyl (C=O) groups excluding carboxylic acids is 1. The Balaban J connectivity index is 1.46. The fraction of sp³-hybridized carbons (Fsp3) is 0.174. The van der Waals surface area contributed by atoms with Crippen molar-refractivity contribution in [1.82, 2.24) is 10.4 Å². The fourth-order valence-corrected chi connectivity index (χ4v) is 2.57. The first kappa shape index (κ1) is 20.9. The zero-order chi connectivity index (χ0) is 21.0. The Hall–Kier alpha value is -3.87. The number of para-hydroxylation sites is 1. The van der Waals surface area contributed by atoms with E-state index in [2.05, 4.69) is 15.5 Å². The molecule has 0 aliphatic rings. The summed E-state index contributed by atoms with van der Waals surface area (Å²) in [5.74, 6) is 1.89. The van der Waals surface area contributed by atoms with Crippen molar-refractivity contribution < 1.29 is 19.0 Å². The number of carbonyl (C=O) groups is 1. The smallest absolute Gasteiger partial charge is 0.271 e. The van der Waals surface area contributed by atoms with Crippen molar-refractivity contribution in [3.8, 4) is 17.2 Å². The Morgan fingerprint density at radius 3 is 2.60 bits per heavy atom. The van der Waals surface area contributed by atoms with Gasteiger partial charge in [-0.2, -0.15) is 5.10 Å². The van der Waals surface area contributed by atoms with Gasteiger partial charge >= 0.3 is 0 Å². The van der Waals surface area contributed by atoms with Crippen molar-refractivity contribution in [1.29, 1.82) is 0 Å². The molecule has 1 aromatic heterocycles. The molecule has 0 atom stereocenters. The number of hydrogen-bond donors (Lipinski definition) is 1. The van der Waals surface area contributed by atoms with E-state index in [0.717, 1.165) is 17.1 Å². The van der Waals surface area contributed by atoms with E-state index in [9.17, 15) is 4.79 Å². The van der Waals surface area contributed by atoms with Crippen molar-refractivity contribution in [3.63, 3.8) is 0 Å². The minimum atomic E-state index is -0.304. The molecule has 0 spiro atoms.